The molecule has 1 heterocycles. The summed E-state index contributed by atoms with van der Waals surface area (Å²) in [6, 6.07) is 8.14. The van der Waals surface area contributed by atoms with Gasteiger partial charge in [0.25, 0.3) is 0 Å². The number of amides is 1. The molecule has 0 saturated carbocycles. The number of rotatable bonds is 2. The summed E-state index contributed by atoms with van der Waals surface area (Å²) < 4.78 is 4.82. The van der Waals surface area contributed by atoms with Gasteiger partial charge in [-0.3, -0.25) is 0 Å². The van der Waals surface area contributed by atoms with E-state index in [2.05, 4.69) is 5.32 Å². The van der Waals surface area contributed by atoms with Crippen molar-refractivity contribution in [3.05, 3.63) is 29.8 Å². The van der Waals surface area contributed by atoms with Crippen molar-refractivity contribution < 1.29 is 9.53 Å². The Morgan fingerprint density at radius 3 is 2.64 bits per heavy atom. The summed E-state index contributed by atoms with van der Waals surface area (Å²) in [5.41, 5.74) is 1.09. The third kappa shape index (κ3) is 1.85. The van der Waals surface area contributed by atoms with Crippen molar-refractivity contribution in [2.75, 3.05) is 12.9 Å². The number of nitrogens with one attached hydrogen (secondary N) is 1. The summed E-state index contributed by atoms with van der Waals surface area (Å²) in [5, 5.41) is 2.74. The Bertz CT molecular complexity index is 336. The van der Waals surface area contributed by atoms with Crippen LogP contribution in [0, 0.1) is 0 Å². The fourth-order valence-electron chi connectivity index (χ4n) is 1.40. The molecule has 1 aromatic carbocycles. The largest absolute Gasteiger partial charge is 0.447 e. The minimum absolute atomic E-state index is 0.0124. The first-order chi connectivity index (χ1) is 6.79. The molecule has 1 atom stereocenters. The minimum atomic E-state index is -0.330. The second kappa shape index (κ2) is 3.92. The molecule has 0 aromatic heterocycles. The molecule has 2 rings (SSSR count). The Morgan fingerprint density at radius 1 is 1.43 bits per heavy atom. The molecular formula is C10H11NO2S. The van der Waals surface area contributed by atoms with Gasteiger partial charge in [-0.25, -0.2) is 4.79 Å². The van der Waals surface area contributed by atoms with Gasteiger partial charge in [0, 0.05) is 4.90 Å². The highest BCUT2D eigenvalue weighted by molar-refractivity contribution is 7.98. The van der Waals surface area contributed by atoms with E-state index >= 15 is 0 Å². The number of cyclic esters (lactones) is 1. The van der Waals surface area contributed by atoms with Crippen molar-refractivity contribution in [3.63, 3.8) is 0 Å². The van der Waals surface area contributed by atoms with Crippen molar-refractivity contribution in [2.24, 2.45) is 0 Å². The maximum absolute atomic E-state index is 10.8. The first-order valence-corrected chi connectivity index (χ1v) is 5.59. The normalized spacial score (nSPS) is 20.4. The lowest BCUT2D eigenvalue weighted by molar-refractivity contribution is 0.177. The van der Waals surface area contributed by atoms with E-state index in [0.717, 1.165) is 5.56 Å². The van der Waals surface area contributed by atoms with Crippen LogP contribution in [-0.4, -0.2) is 19.0 Å². The average Bonchev–Trinajstić information content (AvgIpc) is 2.65. The van der Waals surface area contributed by atoms with Crippen LogP contribution in [0.15, 0.2) is 29.2 Å². The highest BCUT2D eigenvalue weighted by Gasteiger charge is 2.23. The third-order valence-electron chi connectivity index (χ3n) is 2.19. The topological polar surface area (TPSA) is 38.3 Å². The predicted molar refractivity (Wildman–Crippen MR) is 55.4 cm³/mol. The molecule has 1 N–H and O–H groups in total. The zero-order valence-electron chi connectivity index (χ0n) is 7.82. The van der Waals surface area contributed by atoms with Crippen molar-refractivity contribution in [3.8, 4) is 0 Å². The standard InChI is InChI=1S/C10H11NO2S/c1-14-8-4-2-7(3-5-8)9-6-13-10(12)11-9/h2-5,9H,6H2,1H3,(H,11,12)/t9-/m1/s1. The van der Waals surface area contributed by atoms with Gasteiger partial charge in [-0.15, -0.1) is 11.8 Å². The number of alkyl carbamates (subject to hydrolysis) is 1. The lowest BCUT2D eigenvalue weighted by Crippen LogP contribution is -2.18. The van der Waals surface area contributed by atoms with Crippen LogP contribution in [-0.2, 0) is 4.74 Å². The van der Waals surface area contributed by atoms with Gasteiger partial charge in [-0.05, 0) is 24.0 Å². The molecule has 74 valence electrons. The molecule has 0 unspecified atom stereocenters. The maximum Gasteiger partial charge on any atom is 0.407 e. The van der Waals surface area contributed by atoms with Gasteiger partial charge in [0.2, 0.25) is 0 Å². The molecule has 1 aliphatic rings. The van der Waals surface area contributed by atoms with E-state index in [-0.39, 0.29) is 12.1 Å². The van der Waals surface area contributed by atoms with E-state index in [1.807, 2.05) is 30.5 Å². The van der Waals surface area contributed by atoms with Crippen molar-refractivity contribution in [1.29, 1.82) is 0 Å². The number of carbonyl (C=O) groups is 1. The van der Waals surface area contributed by atoms with Crippen LogP contribution in [0.25, 0.3) is 0 Å². The van der Waals surface area contributed by atoms with E-state index in [1.165, 1.54) is 4.90 Å². The molecule has 1 aliphatic heterocycles. The lowest BCUT2D eigenvalue weighted by Gasteiger charge is -2.07. The zero-order chi connectivity index (χ0) is 9.97. The molecule has 1 aromatic rings. The summed E-state index contributed by atoms with van der Waals surface area (Å²) >= 11 is 1.70. The number of hydrogen-bond acceptors (Lipinski definition) is 3. The van der Waals surface area contributed by atoms with Crippen LogP contribution >= 0.6 is 11.8 Å². The SMILES string of the molecule is CSc1ccc([C@H]2COC(=O)N2)cc1. The average molecular weight is 209 g/mol. The van der Waals surface area contributed by atoms with Crippen LogP contribution in [0.2, 0.25) is 0 Å². The fraction of sp³-hybridized carbons (Fsp3) is 0.300. The zero-order valence-corrected chi connectivity index (χ0v) is 8.64. The number of hydrogen-bond donors (Lipinski definition) is 1. The monoisotopic (exact) mass is 209 g/mol. The predicted octanol–water partition coefficient (Wildman–Crippen LogP) is 2.19. The van der Waals surface area contributed by atoms with E-state index < -0.39 is 0 Å². The molecule has 1 amide bonds. The third-order valence-corrected chi connectivity index (χ3v) is 2.93. The van der Waals surface area contributed by atoms with E-state index in [1.54, 1.807) is 11.8 Å². The second-order valence-electron chi connectivity index (χ2n) is 3.07. The Hall–Kier alpha value is -1.16. The first kappa shape index (κ1) is 9.40. The van der Waals surface area contributed by atoms with Gasteiger partial charge >= 0.3 is 6.09 Å². The van der Waals surface area contributed by atoms with E-state index in [4.69, 9.17) is 4.74 Å². The Kier molecular flexibility index (Phi) is 2.63. The highest BCUT2D eigenvalue weighted by atomic mass is 32.2. The van der Waals surface area contributed by atoms with Crippen LogP contribution < -0.4 is 5.32 Å². The van der Waals surface area contributed by atoms with Gasteiger partial charge < -0.3 is 10.1 Å². The highest BCUT2D eigenvalue weighted by Crippen LogP contribution is 2.21. The summed E-state index contributed by atoms with van der Waals surface area (Å²) in [6.45, 7) is 0.428. The molecule has 1 saturated heterocycles. The molecule has 3 nitrogen and oxygen atoms in total. The van der Waals surface area contributed by atoms with Crippen molar-refractivity contribution >= 4 is 17.9 Å². The molecule has 0 radical (unpaired) electrons. The van der Waals surface area contributed by atoms with Gasteiger partial charge in [0.1, 0.15) is 6.61 Å². The van der Waals surface area contributed by atoms with Gasteiger partial charge in [-0.2, -0.15) is 0 Å². The Labute approximate surface area is 86.8 Å². The van der Waals surface area contributed by atoms with E-state index in [0.29, 0.717) is 6.61 Å². The number of thioether (sulfide) groups is 1. The van der Waals surface area contributed by atoms with Crippen molar-refractivity contribution in [1.82, 2.24) is 5.32 Å². The first-order valence-electron chi connectivity index (χ1n) is 4.37. The number of benzene rings is 1. The lowest BCUT2D eigenvalue weighted by atomic mass is 10.1. The summed E-state index contributed by atoms with van der Waals surface area (Å²) in [6.07, 6.45) is 1.71. The quantitative estimate of drug-likeness (QED) is 0.759. The molecular weight excluding hydrogens is 198 g/mol. The fourth-order valence-corrected chi connectivity index (χ4v) is 1.81. The smallest absolute Gasteiger partial charge is 0.407 e. The Balaban J connectivity index is 2.13. The van der Waals surface area contributed by atoms with Gasteiger partial charge in [0.15, 0.2) is 0 Å². The van der Waals surface area contributed by atoms with Gasteiger partial charge in [0.05, 0.1) is 6.04 Å². The summed E-state index contributed by atoms with van der Waals surface area (Å²) in [5.74, 6) is 0. The number of carbonyl (C=O) groups excluding carboxylic acids is 1. The Morgan fingerprint density at radius 2 is 2.14 bits per heavy atom. The second-order valence-corrected chi connectivity index (χ2v) is 3.95. The molecule has 1 fully saturated rings. The molecule has 0 bridgehead atoms. The maximum atomic E-state index is 10.8. The molecule has 0 aliphatic carbocycles. The van der Waals surface area contributed by atoms with Crippen LogP contribution in [0.1, 0.15) is 11.6 Å². The van der Waals surface area contributed by atoms with Gasteiger partial charge in [-0.1, -0.05) is 12.1 Å². The van der Waals surface area contributed by atoms with Crippen LogP contribution in [0.5, 0.6) is 0 Å². The minimum Gasteiger partial charge on any atom is -0.447 e. The summed E-state index contributed by atoms with van der Waals surface area (Å²) in [4.78, 5) is 12.0. The molecule has 4 heteroatoms. The van der Waals surface area contributed by atoms with Crippen LogP contribution in [0.3, 0.4) is 0 Å². The summed E-state index contributed by atoms with van der Waals surface area (Å²) in [7, 11) is 0. The van der Waals surface area contributed by atoms with Crippen LogP contribution in [0.4, 0.5) is 4.79 Å². The molecule has 0 spiro atoms. The van der Waals surface area contributed by atoms with Crippen molar-refractivity contribution in [2.45, 2.75) is 10.9 Å². The number of ether oxygens (including phenoxy) is 1. The molecule has 14 heavy (non-hydrogen) atoms. The van der Waals surface area contributed by atoms with E-state index in [9.17, 15) is 4.79 Å².